The summed E-state index contributed by atoms with van der Waals surface area (Å²) in [6, 6.07) is 0. The summed E-state index contributed by atoms with van der Waals surface area (Å²) in [7, 11) is 0. The maximum Gasteiger partial charge on any atom is 0.338 e. The number of unbranched alkanes of at least 4 members (excludes halogenated alkanes) is 3. The molecule has 3 aliphatic rings. The lowest BCUT2D eigenvalue weighted by molar-refractivity contribution is -0.156. The fourth-order valence-corrected chi connectivity index (χ4v) is 5.31. The molecular weight excluding hydrogens is 320 g/mol. The number of hydrogen-bond acceptors (Lipinski definition) is 2. The number of cyclic esters (lactones) is 1. The summed E-state index contributed by atoms with van der Waals surface area (Å²) in [6.45, 7) is 0. The van der Waals surface area contributed by atoms with Gasteiger partial charge in [0.1, 0.15) is 6.10 Å². The lowest BCUT2D eigenvalue weighted by atomic mass is 9.85. The van der Waals surface area contributed by atoms with E-state index in [0.717, 1.165) is 30.3 Å². The van der Waals surface area contributed by atoms with Crippen LogP contribution in [0.1, 0.15) is 116 Å². The maximum absolute atomic E-state index is 11.7. The zero-order chi connectivity index (χ0) is 18.0. The summed E-state index contributed by atoms with van der Waals surface area (Å²) >= 11 is 0. The average molecular weight is 361 g/mol. The first-order valence-corrected chi connectivity index (χ1v) is 11.7. The summed E-state index contributed by atoms with van der Waals surface area (Å²) in [4.78, 5) is 11.7. The molecule has 26 heavy (non-hydrogen) atoms. The molecule has 148 valence electrons. The zero-order valence-electron chi connectivity index (χ0n) is 16.9. The van der Waals surface area contributed by atoms with Crippen molar-refractivity contribution < 1.29 is 9.53 Å². The number of ether oxygens (including phenoxy) is 1. The molecule has 1 heterocycles. The molecule has 2 saturated carbocycles. The highest BCUT2D eigenvalue weighted by atomic mass is 16.6. The highest BCUT2D eigenvalue weighted by Crippen LogP contribution is 2.31. The van der Waals surface area contributed by atoms with Crippen LogP contribution in [-0.4, -0.2) is 12.1 Å². The van der Waals surface area contributed by atoms with Crippen LogP contribution in [0.15, 0.2) is 11.6 Å². The van der Waals surface area contributed by atoms with E-state index in [1.165, 1.54) is 103 Å². The largest absolute Gasteiger partial charge is 0.454 e. The van der Waals surface area contributed by atoms with Gasteiger partial charge in [0, 0.05) is 0 Å². The predicted octanol–water partition coefficient (Wildman–Crippen LogP) is 7.12. The lowest BCUT2D eigenvalue weighted by Crippen LogP contribution is -2.36. The molecule has 1 unspecified atom stereocenters. The fourth-order valence-electron chi connectivity index (χ4n) is 5.31. The van der Waals surface area contributed by atoms with Gasteiger partial charge in [0.15, 0.2) is 0 Å². The molecule has 0 aromatic heterocycles. The van der Waals surface area contributed by atoms with Crippen LogP contribution in [0.25, 0.3) is 0 Å². The lowest BCUT2D eigenvalue weighted by Gasteiger charge is -2.29. The third-order valence-electron chi connectivity index (χ3n) is 7.04. The van der Waals surface area contributed by atoms with Crippen LogP contribution in [0, 0.1) is 11.8 Å². The van der Waals surface area contributed by atoms with Gasteiger partial charge in [-0.2, -0.15) is 0 Å². The van der Waals surface area contributed by atoms with E-state index in [-0.39, 0.29) is 12.1 Å². The number of hydrogen-bond donors (Lipinski definition) is 0. The quantitative estimate of drug-likeness (QED) is 0.235. The third kappa shape index (κ3) is 6.43. The Labute approximate surface area is 161 Å². The molecule has 2 aliphatic carbocycles. The van der Waals surface area contributed by atoms with Crippen molar-refractivity contribution in [1.82, 2.24) is 0 Å². The highest BCUT2D eigenvalue weighted by Gasteiger charge is 2.34. The Morgan fingerprint density at radius 1 is 0.731 bits per heavy atom. The highest BCUT2D eigenvalue weighted by molar-refractivity contribution is 5.95. The second kappa shape index (κ2) is 11.1. The summed E-state index contributed by atoms with van der Waals surface area (Å²) < 4.78 is 5.39. The van der Waals surface area contributed by atoms with Gasteiger partial charge in [-0.15, -0.1) is 0 Å². The van der Waals surface area contributed by atoms with Crippen molar-refractivity contribution in [3.8, 4) is 0 Å². The molecule has 0 N–H and O–H groups in total. The molecule has 0 bridgehead atoms. The number of esters is 1. The summed E-state index contributed by atoms with van der Waals surface area (Å²) in [5, 5.41) is 0. The zero-order valence-corrected chi connectivity index (χ0v) is 16.9. The predicted molar refractivity (Wildman–Crippen MR) is 108 cm³/mol. The number of carbonyl (C=O) groups is 1. The van der Waals surface area contributed by atoms with Gasteiger partial charge in [0.05, 0.1) is 5.57 Å². The van der Waals surface area contributed by atoms with Crippen LogP contribution >= 0.6 is 0 Å². The summed E-state index contributed by atoms with van der Waals surface area (Å²) in [5.41, 5.74) is 0.986. The van der Waals surface area contributed by atoms with Crippen LogP contribution in [0.5, 0.6) is 0 Å². The Morgan fingerprint density at radius 2 is 1.27 bits per heavy atom. The van der Waals surface area contributed by atoms with Gasteiger partial charge < -0.3 is 4.74 Å². The smallest absolute Gasteiger partial charge is 0.338 e. The molecule has 0 radical (unpaired) electrons. The molecule has 3 rings (SSSR count). The van der Waals surface area contributed by atoms with Gasteiger partial charge in [0.25, 0.3) is 0 Å². The Kier molecular flexibility index (Phi) is 8.55. The van der Waals surface area contributed by atoms with E-state index in [4.69, 9.17) is 4.74 Å². The van der Waals surface area contributed by atoms with Crippen LogP contribution in [-0.2, 0) is 9.53 Å². The van der Waals surface area contributed by atoms with E-state index in [1.807, 2.05) is 0 Å². The molecule has 0 spiro atoms. The summed E-state index contributed by atoms with van der Waals surface area (Å²) in [5.74, 6) is 1.92. The Balaban J connectivity index is 1.24. The number of rotatable bonds is 10. The van der Waals surface area contributed by atoms with Crippen LogP contribution in [0.2, 0.25) is 0 Å². The van der Waals surface area contributed by atoms with Gasteiger partial charge in [-0.1, -0.05) is 96.0 Å². The Bertz CT molecular complexity index is 441. The second-order valence-corrected chi connectivity index (χ2v) is 9.13. The first-order valence-electron chi connectivity index (χ1n) is 11.7. The molecule has 1 saturated heterocycles. The van der Waals surface area contributed by atoms with Gasteiger partial charge in [-0.25, -0.2) is 4.79 Å². The van der Waals surface area contributed by atoms with Crippen molar-refractivity contribution in [3.05, 3.63) is 11.6 Å². The van der Waals surface area contributed by atoms with E-state index in [9.17, 15) is 4.79 Å². The van der Waals surface area contributed by atoms with Gasteiger partial charge in [0.2, 0.25) is 0 Å². The van der Waals surface area contributed by atoms with Crippen molar-refractivity contribution in [1.29, 1.82) is 0 Å². The fraction of sp³-hybridized carbons (Fsp3) is 0.875. The average Bonchev–Trinajstić information content (AvgIpc) is 2.68. The van der Waals surface area contributed by atoms with Crippen LogP contribution in [0.4, 0.5) is 0 Å². The SMILES string of the molecule is O=C1OC(CCCCC2CCCCC2)C1=CCCCCC1CCCCC1. The minimum Gasteiger partial charge on any atom is -0.454 e. The van der Waals surface area contributed by atoms with Crippen molar-refractivity contribution in [2.24, 2.45) is 11.8 Å². The minimum atomic E-state index is -0.0467. The molecule has 3 fully saturated rings. The Morgan fingerprint density at radius 3 is 1.85 bits per heavy atom. The molecule has 0 amide bonds. The molecule has 2 nitrogen and oxygen atoms in total. The van der Waals surface area contributed by atoms with E-state index in [0.29, 0.717) is 0 Å². The maximum atomic E-state index is 11.7. The molecule has 2 heteroatoms. The van der Waals surface area contributed by atoms with Crippen LogP contribution in [0.3, 0.4) is 0 Å². The molecule has 1 aliphatic heterocycles. The van der Waals surface area contributed by atoms with Crippen LogP contribution < -0.4 is 0 Å². The van der Waals surface area contributed by atoms with Crippen molar-refractivity contribution in [2.45, 2.75) is 122 Å². The standard InChI is InChI=1S/C24H40O2/c25-24-22(18-9-3-8-16-20-12-4-1-5-13-20)23(26-24)19-11-10-17-21-14-6-2-7-15-21/h18,20-21,23H,1-17,19H2. The van der Waals surface area contributed by atoms with Gasteiger partial charge >= 0.3 is 5.97 Å². The van der Waals surface area contributed by atoms with Crippen molar-refractivity contribution in [2.75, 3.05) is 0 Å². The van der Waals surface area contributed by atoms with Gasteiger partial charge in [-0.3, -0.25) is 0 Å². The minimum absolute atomic E-state index is 0.0467. The third-order valence-corrected chi connectivity index (χ3v) is 7.04. The topological polar surface area (TPSA) is 26.3 Å². The molecule has 0 aromatic rings. The normalized spacial score (nSPS) is 26.7. The second-order valence-electron chi connectivity index (χ2n) is 9.13. The van der Waals surface area contributed by atoms with E-state index < -0.39 is 0 Å². The molecule has 1 atom stereocenters. The number of allylic oxidation sites excluding steroid dienone is 1. The first-order chi connectivity index (χ1) is 12.8. The van der Waals surface area contributed by atoms with E-state index >= 15 is 0 Å². The Hall–Kier alpha value is -0.790. The molecular formula is C24H40O2. The number of carbonyl (C=O) groups excluding carboxylic acids is 1. The first kappa shape index (κ1) is 20.0. The molecule has 0 aromatic carbocycles. The van der Waals surface area contributed by atoms with E-state index in [1.54, 1.807) is 0 Å². The summed E-state index contributed by atoms with van der Waals surface area (Å²) in [6.07, 6.45) is 26.8. The monoisotopic (exact) mass is 360 g/mol. The van der Waals surface area contributed by atoms with E-state index in [2.05, 4.69) is 6.08 Å². The van der Waals surface area contributed by atoms with Crippen molar-refractivity contribution >= 4 is 5.97 Å². The van der Waals surface area contributed by atoms with Gasteiger partial charge in [-0.05, 0) is 37.5 Å². The van der Waals surface area contributed by atoms with Crippen molar-refractivity contribution in [3.63, 3.8) is 0 Å².